The van der Waals surface area contributed by atoms with Crippen LogP contribution in [0, 0.1) is 45.3 Å². The fraction of sp³-hybridized carbons (Fsp3) is 0. The molecule has 12 aromatic heterocycles. The molecule has 0 N–H and O–H groups in total. The summed E-state index contributed by atoms with van der Waals surface area (Å²) in [7, 11) is 0. The van der Waals surface area contributed by atoms with E-state index in [9.17, 15) is 15.8 Å². The van der Waals surface area contributed by atoms with Gasteiger partial charge in [-0.05, 0) is 194 Å². The molecule has 632 valence electrons. The predicted molar refractivity (Wildman–Crippen MR) is 544 cm³/mol. The normalized spacial score (nSPS) is 11.5. The van der Waals surface area contributed by atoms with E-state index in [1.807, 2.05) is 146 Å². The molecule has 0 aliphatic rings. The van der Waals surface area contributed by atoms with E-state index in [1.54, 1.807) is 48.9 Å². The third-order valence-electron chi connectivity index (χ3n) is 25.9. The van der Waals surface area contributed by atoms with Crippen LogP contribution < -0.4 is 0 Å². The summed E-state index contributed by atoms with van der Waals surface area (Å²) in [6, 6.07) is 142. The molecular weight excluding hydrogens is 1670 g/mol. The van der Waals surface area contributed by atoms with Crippen molar-refractivity contribution < 1.29 is 17.7 Å². The second kappa shape index (κ2) is 32.3. The van der Waals surface area contributed by atoms with Crippen LogP contribution in [0.4, 0.5) is 0 Å². The Bertz CT molecular complexity index is 9720. The van der Waals surface area contributed by atoms with Crippen molar-refractivity contribution in [2.75, 3.05) is 0 Å². The van der Waals surface area contributed by atoms with Crippen molar-refractivity contribution >= 4 is 175 Å². The zero-order chi connectivity index (χ0) is 90.6. The molecule has 0 aliphatic heterocycles. The van der Waals surface area contributed by atoms with Gasteiger partial charge in [-0.15, -0.1) is 0 Å². The molecule has 0 aliphatic carbocycles. The first-order valence-corrected chi connectivity index (χ1v) is 44.5. The van der Waals surface area contributed by atoms with Crippen LogP contribution >= 0.6 is 0 Å². The summed E-state index contributed by atoms with van der Waals surface area (Å²) in [5.41, 5.74) is 29.2. The maximum absolute atomic E-state index is 9.57. The molecule has 0 radical (unpaired) electrons. The highest BCUT2D eigenvalue weighted by molar-refractivity contribution is 6.28. The number of rotatable bonds is 8. The second-order valence-corrected chi connectivity index (χ2v) is 33.5. The van der Waals surface area contributed by atoms with Crippen molar-refractivity contribution in [2.24, 2.45) is 0 Å². The van der Waals surface area contributed by atoms with Crippen LogP contribution in [0.5, 0.6) is 0 Å². The zero-order valence-corrected chi connectivity index (χ0v) is 72.3. The molecule has 0 saturated carbocycles. The lowest BCUT2D eigenvalue weighted by atomic mass is 10.1. The first-order valence-electron chi connectivity index (χ1n) is 44.5. The largest absolute Gasteiger partial charge is 0.455 e. The molecule has 12 heterocycles. The maximum atomic E-state index is 9.57. The number of aromatic nitrogens is 8. The summed E-state index contributed by atoms with van der Waals surface area (Å²) >= 11 is 0. The highest BCUT2D eigenvalue weighted by Crippen LogP contribution is 2.47. The molecule has 0 atom stereocenters. The molecule has 28 aromatic rings. The van der Waals surface area contributed by atoms with Crippen molar-refractivity contribution in [3.63, 3.8) is 0 Å². The van der Waals surface area contributed by atoms with Crippen LogP contribution in [0.3, 0.4) is 0 Å². The maximum Gasteiger partial charge on any atom is 0.145 e. The molecule has 16 aromatic carbocycles. The van der Waals surface area contributed by atoms with Gasteiger partial charge in [0.15, 0.2) is 0 Å². The minimum absolute atomic E-state index is 0.409. The fourth-order valence-electron chi connectivity index (χ4n) is 19.9. The van der Waals surface area contributed by atoms with Crippen LogP contribution in [-0.4, -0.2) is 38.2 Å². The zero-order valence-electron chi connectivity index (χ0n) is 72.3. The van der Waals surface area contributed by atoms with Crippen LogP contribution in [0.2, 0.25) is 0 Å². The van der Waals surface area contributed by atoms with Gasteiger partial charge in [0.1, 0.15) is 68.6 Å². The van der Waals surface area contributed by atoms with Crippen molar-refractivity contribution in [1.82, 2.24) is 38.2 Å². The third-order valence-corrected chi connectivity index (χ3v) is 25.9. The molecular formula is C120H68N12O4. The topological polar surface area (TPSA) is 219 Å². The smallest absolute Gasteiger partial charge is 0.145 e. The number of para-hydroxylation sites is 8. The van der Waals surface area contributed by atoms with Crippen molar-refractivity contribution in [2.45, 2.75) is 0 Å². The predicted octanol–water partition coefficient (Wildman–Crippen LogP) is 30.5. The van der Waals surface area contributed by atoms with Crippen molar-refractivity contribution in [3.05, 3.63) is 435 Å². The molecule has 16 nitrogen and oxygen atoms in total. The molecule has 16 heteroatoms. The van der Waals surface area contributed by atoms with Crippen molar-refractivity contribution in [1.29, 1.82) is 21.0 Å². The van der Waals surface area contributed by atoms with E-state index in [-0.39, 0.29) is 0 Å². The first-order chi connectivity index (χ1) is 67.3. The number of furan rings is 4. The first kappa shape index (κ1) is 78.7. The Kier molecular flexibility index (Phi) is 18.7. The van der Waals surface area contributed by atoms with E-state index in [1.165, 1.54) is 0 Å². The summed E-state index contributed by atoms with van der Waals surface area (Å²) in [5.74, 6) is 0. The van der Waals surface area contributed by atoms with E-state index in [4.69, 9.17) is 22.9 Å². The van der Waals surface area contributed by atoms with Gasteiger partial charge in [0.25, 0.3) is 0 Å². The number of benzene rings is 16. The minimum atomic E-state index is 0.409. The lowest BCUT2D eigenvalue weighted by molar-refractivity contribution is 0.672. The quantitative estimate of drug-likeness (QED) is 0.139. The van der Waals surface area contributed by atoms with Gasteiger partial charge in [0.2, 0.25) is 0 Å². The Balaban J connectivity index is 0.0000000965. The van der Waals surface area contributed by atoms with Gasteiger partial charge in [0.05, 0.1) is 111 Å². The Hall–Kier alpha value is -19.5. The molecule has 0 bridgehead atoms. The standard InChI is InChI=1S/4C30H17N3O/c31-18-20-8-6-12-25(32-20)19-7-5-9-21(17-19)33-26-13-3-1-11-24(26)29-27(33)16-15-23-22-10-2-4-14-28(22)34-30(23)29;31-18-20-8-6-16-32-29(20)19-7-5-9-21(17-19)33-25-12-3-1-11-24(25)28-26(33)15-14-23-22-10-2-4-13-27(22)34-30(23)28;31-17-19-12-14-25(32-18-19)20-6-5-7-21(16-20)33-26-10-3-1-9-24(26)29-27(33)15-13-23-22-8-2-4-11-28(22)34-30(23)29;31-18-19-14-15-32-25(16-19)20-6-5-7-21(17-20)33-26-10-3-1-9-24(26)29-27(33)13-12-23-22-8-2-4-11-28(22)34-30(23)29/h2*1-17H;1-16,18H;1-17H. The highest BCUT2D eigenvalue weighted by atomic mass is 16.3. The van der Waals surface area contributed by atoms with Crippen molar-refractivity contribution in [3.8, 4) is 92.1 Å². The number of nitriles is 4. The van der Waals surface area contributed by atoms with Crippen LogP contribution in [0.15, 0.2) is 431 Å². The van der Waals surface area contributed by atoms with E-state index in [0.717, 1.165) is 237 Å². The molecule has 0 spiro atoms. The highest BCUT2D eigenvalue weighted by Gasteiger charge is 2.26. The third kappa shape index (κ3) is 12.9. The summed E-state index contributed by atoms with van der Waals surface area (Å²) in [4.78, 5) is 18.0. The number of hydrogen-bond donors (Lipinski definition) is 0. The molecule has 28 rings (SSSR count). The van der Waals surface area contributed by atoms with Gasteiger partial charge in [-0.1, -0.05) is 200 Å². The van der Waals surface area contributed by atoms with Gasteiger partial charge in [0, 0.05) is 128 Å². The summed E-state index contributed by atoms with van der Waals surface area (Å²) in [5, 5.41) is 55.3. The van der Waals surface area contributed by atoms with Gasteiger partial charge in [-0.25, -0.2) is 4.98 Å². The van der Waals surface area contributed by atoms with Crippen LogP contribution in [0.25, 0.3) is 243 Å². The summed E-state index contributed by atoms with van der Waals surface area (Å²) in [6.07, 6.45) is 5.02. The average molecular weight is 1740 g/mol. The lowest BCUT2D eigenvalue weighted by Gasteiger charge is -2.10. The van der Waals surface area contributed by atoms with Gasteiger partial charge < -0.3 is 35.9 Å². The fourth-order valence-corrected chi connectivity index (χ4v) is 19.9. The number of nitrogens with zero attached hydrogens (tertiary/aromatic N) is 12. The van der Waals surface area contributed by atoms with E-state index >= 15 is 0 Å². The molecule has 0 unspecified atom stereocenters. The van der Waals surface area contributed by atoms with Gasteiger partial charge in [-0.2, -0.15) is 21.0 Å². The molecule has 0 saturated heterocycles. The Morgan fingerprint density at radius 2 is 0.581 bits per heavy atom. The molecule has 0 amide bonds. The average Bonchev–Trinajstić information content (AvgIpc) is 1.58. The molecule has 0 fully saturated rings. The van der Waals surface area contributed by atoms with E-state index < -0.39 is 0 Å². The van der Waals surface area contributed by atoms with Crippen LogP contribution in [0.1, 0.15) is 22.4 Å². The molecule has 136 heavy (non-hydrogen) atoms. The second-order valence-electron chi connectivity index (χ2n) is 33.5. The van der Waals surface area contributed by atoms with E-state index in [2.05, 4.69) is 281 Å². The Labute approximate surface area is 774 Å². The summed E-state index contributed by atoms with van der Waals surface area (Å²) in [6.45, 7) is 0. The van der Waals surface area contributed by atoms with Crippen LogP contribution in [-0.2, 0) is 0 Å². The summed E-state index contributed by atoms with van der Waals surface area (Å²) < 4.78 is 34.6. The number of hydrogen-bond acceptors (Lipinski definition) is 12. The monoisotopic (exact) mass is 1740 g/mol. The van der Waals surface area contributed by atoms with Gasteiger partial charge in [-0.3, -0.25) is 15.0 Å². The van der Waals surface area contributed by atoms with E-state index in [0.29, 0.717) is 28.1 Å². The number of fused-ring (bicyclic) bond motifs is 28. The lowest BCUT2D eigenvalue weighted by Crippen LogP contribution is -1.95. The SMILES string of the molecule is N#Cc1ccc(-c2cccc(-n3c4ccccc4c4c5oc6ccccc6c5ccc43)c2)nc1.N#Cc1cccc(-c2cccc(-n3c4ccccc4c4c5oc6ccccc6c5ccc43)c2)n1.N#Cc1cccnc1-c1cccc(-n2c3ccccc3c3c4oc5ccccc5c4ccc32)c1.N#Cc1ccnc(-c2cccc(-n3c4ccccc4c4c5oc6ccccc6c5ccc43)c2)c1. The number of pyridine rings is 4. The Morgan fingerprint density at radius 1 is 0.221 bits per heavy atom. The van der Waals surface area contributed by atoms with Gasteiger partial charge >= 0.3 is 0 Å². The Morgan fingerprint density at radius 3 is 0.963 bits per heavy atom. The minimum Gasteiger partial charge on any atom is -0.455 e.